The smallest absolute Gasteiger partial charge is 0.408 e. The van der Waals surface area contributed by atoms with E-state index in [0.29, 0.717) is 0 Å². The van der Waals surface area contributed by atoms with Gasteiger partial charge in [0, 0.05) is 0 Å². The summed E-state index contributed by atoms with van der Waals surface area (Å²) < 4.78 is 4.17. The number of hydrogen-bond donors (Lipinski definition) is 1. The molecule has 57 valence electrons. The van der Waals surface area contributed by atoms with Gasteiger partial charge in [-0.15, -0.1) is 0 Å². The molecule has 0 rings (SSSR count). The topological polar surface area (TPSA) is 79.2 Å². The van der Waals surface area contributed by atoms with Crippen LogP contribution in [0.15, 0.2) is 0 Å². The predicted molar refractivity (Wildman–Crippen MR) is 33.3 cm³/mol. The summed E-state index contributed by atoms with van der Waals surface area (Å²) in [4.78, 5) is 20.2. The van der Waals surface area contributed by atoms with Gasteiger partial charge in [0.15, 0.2) is 6.07 Å². The minimum absolute atomic E-state index is 0.266. The molecule has 0 bridgehead atoms. The first-order chi connectivity index (χ1) is 4.66. The molecule has 0 aromatic carbocycles. The summed E-state index contributed by atoms with van der Waals surface area (Å²) in [5.41, 5.74) is 6.36. The second-order valence-electron chi connectivity index (χ2n) is 1.32. The molecule has 6 heteroatoms. The Hall–Kier alpha value is -0.970. The average Bonchev–Trinajstić information content (AvgIpc) is 1.85. The normalized spacial score (nSPS) is 8.50. The van der Waals surface area contributed by atoms with Crippen LogP contribution in [0.3, 0.4) is 0 Å². The van der Waals surface area contributed by atoms with E-state index in [1.54, 1.807) is 0 Å². The first-order valence-electron chi connectivity index (χ1n) is 2.38. The van der Waals surface area contributed by atoms with Crippen LogP contribution in [0.1, 0.15) is 0 Å². The molecule has 0 fully saturated rings. The van der Waals surface area contributed by atoms with Crippen molar-refractivity contribution < 1.29 is 14.3 Å². The fourth-order valence-corrected chi connectivity index (χ4v) is 0.352. The van der Waals surface area contributed by atoms with E-state index in [0.717, 1.165) is 0 Å². The summed E-state index contributed by atoms with van der Waals surface area (Å²) in [6.07, 6.45) is -0.796. The molecular weight excluding hydrogens is 160 g/mol. The third-order valence-corrected chi connectivity index (χ3v) is 0.688. The minimum atomic E-state index is -0.883. The number of alkyl carbamates (subject to hydrolysis) is 1. The lowest BCUT2D eigenvalue weighted by molar-refractivity contribution is -0.117. The highest BCUT2D eigenvalue weighted by Crippen LogP contribution is 1.79. The van der Waals surface area contributed by atoms with Crippen molar-refractivity contribution in [2.45, 2.75) is 0 Å². The number of alkyl halides is 1. The van der Waals surface area contributed by atoms with Gasteiger partial charge in [-0.3, -0.25) is 10.5 Å². The standard InChI is InChI=1S/C4H6ClN2O3/c5-2-10-4(9)7-1-3(6)8/h6H,1-2H2,(H,7,9). The molecule has 0 aliphatic rings. The van der Waals surface area contributed by atoms with Gasteiger partial charge < -0.3 is 10.1 Å². The third-order valence-electron chi connectivity index (χ3n) is 0.579. The van der Waals surface area contributed by atoms with Crippen LogP contribution in [-0.2, 0) is 9.53 Å². The maximum atomic E-state index is 10.3. The van der Waals surface area contributed by atoms with Gasteiger partial charge in [-0.25, -0.2) is 4.79 Å². The van der Waals surface area contributed by atoms with Crippen molar-refractivity contribution in [1.29, 1.82) is 0 Å². The second-order valence-corrected chi connectivity index (χ2v) is 1.54. The second kappa shape index (κ2) is 4.87. The zero-order valence-electron chi connectivity index (χ0n) is 5.02. The lowest BCUT2D eigenvalue weighted by atomic mass is 10.6. The van der Waals surface area contributed by atoms with E-state index >= 15 is 0 Å². The molecule has 10 heavy (non-hydrogen) atoms. The lowest BCUT2D eigenvalue weighted by Crippen LogP contribution is -2.30. The van der Waals surface area contributed by atoms with Crippen molar-refractivity contribution in [1.82, 2.24) is 11.1 Å². The monoisotopic (exact) mass is 165 g/mol. The predicted octanol–water partition coefficient (Wildman–Crippen LogP) is -0.282. The van der Waals surface area contributed by atoms with Gasteiger partial charge in [0.1, 0.15) is 6.54 Å². The molecule has 0 saturated heterocycles. The van der Waals surface area contributed by atoms with Gasteiger partial charge in [0.2, 0.25) is 0 Å². The minimum Gasteiger partial charge on any atom is -0.433 e. The van der Waals surface area contributed by atoms with Gasteiger partial charge in [0.25, 0.3) is 5.91 Å². The Morgan fingerprint density at radius 1 is 1.60 bits per heavy atom. The summed E-state index contributed by atoms with van der Waals surface area (Å²) in [5, 5.41) is 2.00. The molecule has 0 atom stereocenters. The summed E-state index contributed by atoms with van der Waals surface area (Å²) in [6, 6.07) is -0.266. The van der Waals surface area contributed by atoms with Crippen molar-refractivity contribution in [3.8, 4) is 0 Å². The number of carbonyl (C=O) groups excluding carboxylic acids is 2. The van der Waals surface area contributed by atoms with E-state index < -0.39 is 12.0 Å². The molecule has 2 N–H and O–H groups in total. The van der Waals surface area contributed by atoms with Crippen LogP contribution in [0.2, 0.25) is 0 Å². The highest BCUT2D eigenvalue weighted by atomic mass is 35.5. The number of carbonyl (C=O) groups is 2. The van der Waals surface area contributed by atoms with Crippen LogP contribution in [0.5, 0.6) is 0 Å². The Balaban J connectivity index is 3.30. The maximum Gasteiger partial charge on any atom is 0.408 e. The molecule has 2 amide bonds. The fraction of sp³-hybridized carbons (Fsp3) is 0.500. The molecule has 0 aromatic rings. The molecule has 0 saturated carbocycles. The van der Waals surface area contributed by atoms with Crippen LogP contribution in [0.4, 0.5) is 4.79 Å². The fourth-order valence-electron chi connectivity index (χ4n) is 0.253. The molecule has 0 aliphatic carbocycles. The molecule has 1 radical (unpaired) electrons. The van der Waals surface area contributed by atoms with Gasteiger partial charge in [-0.2, -0.15) is 0 Å². The lowest BCUT2D eigenvalue weighted by Gasteiger charge is -1.99. The average molecular weight is 166 g/mol. The Morgan fingerprint density at radius 3 is 2.60 bits per heavy atom. The van der Waals surface area contributed by atoms with E-state index in [-0.39, 0.29) is 12.6 Å². The number of halogens is 1. The van der Waals surface area contributed by atoms with Crippen LogP contribution in [0, 0.1) is 0 Å². The summed E-state index contributed by atoms with van der Waals surface area (Å²) in [7, 11) is 0. The molecule has 0 spiro atoms. The molecule has 0 aliphatic heterocycles. The number of amides is 2. The third kappa shape index (κ3) is 5.17. The van der Waals surface area contributed by atoms with E-state index in [2.05, 4.69) is 4.74 Å². The number of nitrogens with one attached hydrogen (secondary N) is 2. The zero-order chi connectivity index (χ0) is 7.98. The van der Waals surface area contributed by atoms with E-state index in [9.17, 15) is 9.59 Å². The van der Waals surface area contributed by atoms with Gasteiger partial charge in [-0.05, 0) is 0 Å². The molecular formula is C4H6ClN2O3. The SMILES string of the molecule is [NH]C(=O)CNC(=O)OCCl. The molecule has 5 nitrogen and oxygen atoms in total. The molecule has 0 aromatic heterocycles. The largest absolute Gasteiger partial charge is 0.433 e. The number of hydrogen-bond acceptors (Lipinski definition) is 3. The van der Waals surface area contributed by atoms with Gasteiger partial charge in [0.05, 0.1) is 0 Å². The summed E-state index contributed by atoms with van der Waals surface area (Å²) in [6.45, 7) is -0.351. The highest BCUT2D eigenvalue weighted by Gasteiger charge is 2.01. The summed E-state index contributed by atoms with van der Waals surface area (Å²) in [5.74, 6) is -0.883. The van der Waals surface area contributed by atoms with E-state index in [4.69, 9.17) is 17.3 Å². The summed E-state index contributed by atoms with van der Waals surface area (Å²) >= 11 is 5.00. The van der Waals surface area contributed by atoms with Crippen LogP contribution in [-0.4, -0.2) is 24.6 Å². The highest BCUT2D eigenvalue weighted by molar-refractivity contribution is 6.17. The van der Waals surface area contributed by atoms with Gasteiger partial charge in [-0.1, -0.05) is 11.6 Å². The van der Waals surface area contributed by atoms with Crippen molar-refractivity contribution in [3.05, 3.63) is 0 Å². The first kappa shape index (κ1) is 9.03. The van der Waals surface area contributed by atoms with Crippen molar-refractivity contribution >= 4 is 23.6 Å². The molecule has 0 heterocycles. The van der Waals surface area contributed by atoms with Crippen LogP contribution < -0.4 is 11.1 Å². The van der Waals surface area contributed by atoms with Crippen molar-refractivity contribution in [2.75, 3.05) is 12.6 Å². The van der Waals surface area contributed by atoms with Crippen molar-refractivity contribution in [2.24, 2.45) is 0 Å². The zero-order valence-corrected chi connectivity index (χ0v) is 5.77. The van der Waals surface area contributed by atoms with Gasteiger partial charge >= 0.3 is 6.09 Å². The molecule has 0 unspecified atom stereocenters. The Bertz CT molecular complexity index is 138. The van der Waals surface area contributed by atoms with Crippen LogP contribution in [0.25, 0.3) is 0 Å². The Kier molecular flexibility index (Phi) is 4.39. The quantitative estimate of drug-likeness (QED) is 0.584. The Morgan fingerprint density at radius 2 is 2.20 bits per heavy atom. The number of rotatable bonds is 3. The first-order valence-corrected chi connectivity index (χ1v) is 2.91. The maximum absolute atomic E-state index is 10.3. The number of ether oxygens (including phenoxy) is 1. The Labute approximate surface area is 62.5 Å². The van der Waals surface area contributed by atoms with Crippen molar-refractivity contribution in [3.63, 3.8) is 0 Å². The van der Waals surface area contributed by atoms with Crippen LogP contribution >= 0.6 is 11.6 Å². The van der Waals surface area contributed by atoms with E-state index in [1.165, 1.54) is 0 Å². The van der Waals surface area contributed by atoms with E-state index in [1.807, 2.05) is 5.32 Å².